The number of hydrogen-bond acceptors (Lipinski definition) is 3. The third kappa shape index (κ3) is 5.07. The molecule has 0 unspecified atom stereocenters. The van der Waals surface area contributed by atoms with Crippen LogP contribution in [0.5, 0.6) is 0 Å². The van der Waals surface area contributed by atoms with Gasteiger partial charge in [-0.05, 0) is 76.1 Å². The standard InChI is InChI=1S/C53H33N5/c1-3-15-34(16-4-1)51-54-52(35-17-5-2-6-18-35)56-53(55-51)45-30-36-19-7-8-20-37(36)32-50(45)58-48-26-14-11-23-43(48)44-31-39-29-40(28-27-38(39)33-49(44)58)57-46-24-12-9-21-41(46)42-22-10-13-25-47(42)57/h1-33H. The second kappa shape index (κ2) is 12.8. The molecule has 0 aliphatic heterocycles. The molecule has 0 bridgehead atoms. The Kier molecular flexibility index (Phi) is 7.16. The van der Waals surface area contributed by atoms with Crippen molar-refractivity contribution in [1.29, 1.82) is 0 Å². The van der Waals surface area contributed by atoms with Crippen LogP contribution in [0.25, 0.3) is 111 Å². The van der Waals surface area contributed by atoms with Crippen LogP contribution in [0.4, 0.5) is 0 Å². The second-order valence-electron chi connectivity index (χ2n) is 14.9. The second-order valence-corrected chi connectivity index (χ2v) is 14.9. The van der Waals surface area contributed by atoms with Gasteiger partial charge >= 0.3 is 0 Å². The number of fused-ring (bicyclic) bond motifs is 8. The minimum absolute atomic E-state index is 0.621. The summed E-state index contributed by atoms with van der Waals surface area (Å²) in [6.45, 7) is 0. The molecule has 0 atom stereocenters. The largest absolute Gasteiger partial charge is 0.309 e. The van der Waals surface area contributed by atoms with Crippen molar-refractivity contribution >= 4 is 65.2 Å². The summed E-state index contributed by atoms with van der Waals surface area (Å²) in [7, 11) is 0. The first-order valence-electron chi connectivity index (χ1n) is 19.6. The average Bonchev–Trinajstić information content (AvgIpc) is 3.80. The molecule has 3 heterocycles. The predicted molar refractivity (Wildman–Crippen MR) is 240 cm³/mol. The molecule has 0 aliphatic rings. The zero-order valence-corrected chi connectivity index (χ0v) is 31.3. The Hall–Kier alpha value is -7.89. The Balaban J connectivity index is 1.12. The highest BCUT2D eigenvalue weighted by Crippen LogP contribution is 2.40. The molecule has 0 saturated carbocycles. The molecule has 9 aromatic carbocycles. The molecule has 3 aromatic heterocycles. The van der Waals surface area contributed by atoms with Crippen LogP contribution in [-0.4, -0.2) is 24.1 Å². The number of rotatable bonds is 5. The summed E-state index contributed by atoms with van der Waals surface area (Å²) in [4.78, 5) is 15.5. The van der Waals surface area contributed by atoms with E-state index in [0.717, 1.165) is 49.9 Å². The van der Waals surface area contributed by atoms with Crippen molar-refractivity contribution in [2.75, 3.05) is 0 Å². The predicted octanol–water partition coefficient (Wildman–Crippen LogP) is 13.4. The fraction of sp³-hybridized carbons (Fsp3) is 0. The number of benzene rings is 9. The topological polar surface area (TPSA) is 48.5 Å². The Morgan fingerprint density at radius 3 is 1.40 bits per heavy atom. The summed E-state index contributed by atoms with van der Waals surface area (Å²) in [6, 6.07) is 71.1. The maximum atomic E-state index is 5.23. The molecule has 0 amide bonds. The van der Waals surface area contributed by atoms with Gasteiger partial charge < -0.3 is 9.13 Å². The van der Waals surface area contributed by atoms with E-state index in [-0.39, 0.29) is 0 Å². The van der Waals surface area contributed by atoms with Crippen LogP contribution in [-0.2, 0) is 0 Å². The van der Waals surface area contributed by atoms with E-state index in [4.69, 9.17) is 15.0 Å². The van der Waals surface area contributed by atoms with Crippen LogP contribution in [0.15, 0.2) is 200 Å². The Labute approximate surface area is 333 Å². The molecule has 12 rings (SSSR count). The van der Waals surface area contributed by atoms with Crippen molar-refractivity contribution in [3.8, 4) is 45.5 Å². The molecule has 0 spiro atoms. The van der Waals surface area contributed by atoms with Gasteiger partial charge in [-0.25, -0.2) is 15.0 Å². The quantitative estimate of drug-likeness (QED) is 0.177. The number of para-hydroxylation sites is 3. The smallest absolute Gasteiger partial charge is 0.166 e. The monoisotopic (exact) mass is 739 g/mol. The van der Waals surface area contributed by atoms with Crippen molar-refractivity contribution in [2.45, 2.75) is 0 Å². The van der Waals surface area contributed by atoms with E-state index in [1.807, 2.05) is 36.4 Å². The van der Waals surface area contributed by atoms with E-state index in [1.165, 1.54) is 43.4 Å². The van der Waals surface area contributed by atoms with Gasteiger partial charge in [0.25, 0.3) is 0 Å². The highest BCUT2D eigenvalue weighted by molar-refractivity contribution is 6.15. The first-order valence-corrected chi connectivity index (χ1v) is 19.6. The molecule has 0 radical (unpaired) electrons. The molecule has 58 heavy (non-hydrogen) atoms. The van der Waals surface area contributed by atoms with Gasteiger partial charge in [0.2, 0.25) is 0 Å². The summed E-state index contributed by atoms with van der Waals surface area (Å²) < 4.78 is 4.79. The Bertz CT molecular complexity index is 3450. The lowest BCUT2D eigenvalue weighted by molar-refractivity contribution is 1.07. The van der Waals surface area contributed by atoms with E-state index >= 15 is 0 Å². The third-order valence-electron chi connectivity index (χ3n) is 11.5. The van der Waals surface area contributed by atoms with Crippen molar-refractivity contribution in [1.82, 2.24) is 24.1 Å². The molecular formula is C53H33N5. The van der Waals surface area contributed by atoms with Gasteiger partial charge in [0.15, 0.2) is 17.5 Å². The SMILES string of the molecule is c1ccc(-c2nc(-c3ccccc3)nc(-c3cc4ccccc4cc3-n3c4ccccc4c4cc5cc(-n6c7ccccc7c7ccccc76)ccc5cc43)n2)cc1. The summed E-state index contributed by atoms with van der Waals surface area (Å²) in [6.07, 6.45) is 0. The number of nitrogens with zero attached hydrogens (tertiary/aromatic N) is 5. The van der Waals surface area contributed by atoms with E-state index < -0.39 is 0 Å². The van der Waals surface area contributed by atoms with Crippen molar-refractivity contribution in [3.05, 3.63) is 200 Å². The Morgan fingerprint density at radius 1 is 0.293 bits per heavy atom. The van der Waals surface area contributed by atoms with E-state index in [9.17, 15) is 0 Å². The molecular weight excluding hydrogens is 707 g/mol. The van der Waals surface area contributed by atoms with Crippen LogP contribution in [0.3, 0.4) is 0 Å². The van der Waals surface area contributed by atoms with E-state index in [0.29, 0.717) is 17.5 Å². The van der Waals surface area contributed by atoms with Crippen LogP contribution in [0, 0.1) is 0 Å². The van der Waals surface area contributed by atoms with Gasteiger partial charge in [0.1, 0.15) is 0 Å². The summed E-state index contributed by atoms with van der Waals surface area (Å²) in [5.41, 5.74) is 9.60. The van der Waals surface area contributed by atoms with Crippen molar-refractivity contribution in [2.24, 2.45) is 0 Å². The first-order chi connectivity index (χ1) is 28.7. The fourth-order valence-electron chi connectivity index (χ4n) is 8.82. The first kappa shape index (κ1) is 32.4. The lowest BCUT2D eigenvalue weighted by Gasteiger charge is -2.16. The van der Waals surface area contributed by atoms with E-state index in [2.05, 4.69) is 173 Å². The minimum Gasteiger partial charge on any atom is -0.309 e. The summed E-state index contributed by atoms with van der Waals surface area (Å²) in [5.74, 6) is 1.89. The molecule has 0 N–H and O–H groups in total. The van der Waals surface area contributed by atoms with Gasteiger partial charge in [0, 0.05) is 43.9 Å². The highest BCUT2D eigenvalue weighted by Gasteiger charge is 2.21. The Morgan fingerprint density at radius 2 is 0.776 bits per heavy atom. The van der Waals surface area contributed by atoms with Gasteiger partial charge in [-0.2, -0.15) is 0 Å². The molecule has 0 saturated heterocycles. The van der Waals surface area contributed by atoms with Crippen LogP contribution in [0.2, 0.25) is 0 Å². The lowest BCUT2D eigenvalue weighted by atomic mass is 10.0. The molecule has 5 nitrogen and oxygen atoms in total. The van der Waals surface area contributed by atoms with Gasteiger partial charge in [-0.1, -0.05) is 146 Å². The normalized spacial score (nSPS) is 11.8. The zero-order chi connectivity index (χ0) is 38.2. The summed E-state index contributed by atoms with van der Waals surface area (Å²) in [5, 5.41) is 9.50. The number of hydrogen-bond donors (Lipinski definition) is 0. The van der Waals surface area contributed by atoms with Gasteiger partial charge in [-0.15, -0.1) is 0 Å². The van der Waals surface area contributed by atoms with Crippen LogP contribution in [0.1, 0.15) is 0 Å². The molecule has 0 aliphatic carbocycles. The van der Waals surface area contributed by atoms with Crippen LogP contribution >= 0.6 is 0 Å². The average molecular weight is 740 g/mol. The highest BCUT2D eigenvalue weighted by atomic mass is 15.1. The van der Waals surface area contributed by atoms with Crippen molar-refractivity contribution in [3.63, 3.8) is 0 Å². The molecule has 12 aromatic rings. The fourth-order valence-corrected chi connectivity index (χ4v) is 8.82. The van der Waals surface area contributed by atoms with Crippen molar-refractivity contribution < 1.29 is 0 Å². The van der Waals surface area contributed by atoms with Gasteiger partial charge in [0.05, 0.1) is 27.8 Å². The lowest BCUT2D eigenvalue weighted by Crippen LogP contribution is -2.04. The zero-order valence-electron chi connectivity index (χ0n) is 31.3. The third-order valence-corrected chi connectivity index (χ3v) is 11.5. The maximum absolute atomic E-state index is 5.23. The summed E-state index contributed by atoms with van der Waals surface area (Å²) >= 11 is 0. The van der Waals surface area contributed by atoms with Crippen LogP contribution < -0.4 is 0 Å². The minimum atomic E-state index is 0.621. The molecule has 270 valence electrons. The van der Waals surface area contributed by atoms with Gasteiger partial charge in [-0.3, -0.25) is 0 Å². The molecule has 5 heteroatoms. The maximum Gasteiger partial charge on any atom is 0.166 e. The van der Waals surface area contributed by atoms with E-state index in [1.54, 1.807) is 0 Å². The number of aromatic nitrogens is 5. The molecule has 0 fully saturated rings.